The SMILES string of the molecule is CCOC(=O)N1CC2CC(C(=O)O)N(C(C)=O)C2C1. The van der Waals surface area contributed by atoms with Crippen LogP contribution in [-0.4, -0.2) is 64.7 Å². The van der Waals surface area contributed by atoms with Gasteiger partial charge in [-0.1, -0.05) is 0 Å². The highest BCUT2D eigenvalue weighted by Crippen LogP contribution is 2.36. The molecule has 106 valence electrons. The second kappa shape index (κ2) is 5.07. The number of aliphatic carboxylic acids is 1. The molecule has 0 bridgehead atoms. The lowest BCUT2D eigenvalue weighted by Crippen LogP contribution is -2.46. The topological polar surface area (TPSA) is 87.2 Å². The first-order valence-electron chi connectivity index (χ1n) is 6.39. The van der Waals surface area contributed by atoms with E-state index in [1.165, 1.54) is 11.8 Å². The minimum absolute atomic E-state index is 0.0226. The van der Waals surface area contributed by atoms with Gasteiger partial charge in [0.15, 0.2) is 0 Å². The Morgan fingerprint density at radius 2 is 2.00 bits per heavy atom. The molecule has 3 atom stereocenters. The summed E-state index contributed by atoms with van der Waals surface area (Å²) in [6.45, 7) is 4.21. The summed E-state index contributed by atoms with van der Waals surface area (Å²) in [7, 11) is 0. The van der Waals surface area contributed by atoms with Crippen LogP contribution in [0.3, 0.4) is 0 Å². The van der Waals surface area contributed by atoms with Crippen molar-refractivity contribution in [3.8, 4) is 0 Å². The first-order valence-corrected chi connectivity index (χ1v) is 6.39. The molecule has 7 heteroatoms. The van der Waals surface area contributed by atoms with Crippen molar-refractivity contribution in [3.63, 3.8) is 0 Å². The molecular formula is C12H18N2O5. The number of fused-ring (bicyclic) bond motifs is 1. The molecule has 2 fully saturated rings. The molecule has 2 amide bonds. The predicted molar refractivity (Wildman–Crippen MR) is 64.4 cm³/mol. The van der Waals surface area contributed by atoms with Crippen molar-refractivity contribution in [1.82, 2.24) is 9.80 Å². The maximum Gasteiger partial charge on any atom is 0.409 e. The molecule has 0 aromatic carbocycles. The Hall–Kier alpha value is -1.79. The number of amides is 2. The molecule has 19 heavy (non-hydrogen) atoms. The number of ether oxygens (including phenoxy) is 1. The predicted octanol–water partition coefficient (Wildman–Crippen LogP) is 0.149. The van der Waals surface area contributed by atoms with Crippen LogP contribution < -0.4 is 0 Å². The molecule has 0 radical (unpaired) electrons. The minimum Gasteiger partial charge on any atom is -0.480 e. The van der Waals surface area contributed by atoms with E-state index < -0.39 is 18.1 Å². The van der Waals surface area contributed by atoms with Gasteiger partial charge in [0.2, 0.25) is 5.91 Å². The smallest absolute Gasteiger partial charge is 0.409 e. The summed E-state index contributed by atoms with van der Waals surface area (Å²) in [5, 5.41) is 9.15. The maximum atomic E-state index is 11.7. The Morgan fingerprint density at radius 3 is 2.53 bits per heavy atom. The molecule has 7 nitrogen and oxygen atoms in total. The molecular weight excluding hydrogens is 252 g/mol. The molecule has 0 spiro atoms. The van der Waals surface area contributed by atoms with E-state index in [1.54, 1.807) is 11.8 Å². The van der Waals surface area contributed by atoms with Gasteiger partial charge in [-0.3, -0.25) is 4.79 Å². The number of carbonyl (C=O) groups is 3. The molecule has 2 aliphatic rings. The van der Waals surface area contributed by atoms with E-state index >= 15 is 0 Å². The van der Waals surface area contributed by atoms with Crippen LogP contribution in [0.1, 0.15) is 20.3 Å². The number of carbonyl (C=O) groups excluding carboxylic acids is 2. The fourth-order valence-corrected chi connectivity index (χ4v) is 3.07. The highest BCUT2D eigenvalue weighted by atomic mass is 16.6. The fourth-order valence-electron chi connectivity index (χ4n) is 3.07. The first kappa shape index (κ1) is 13.6. The average Bonchev–Trinajstić information content (AvgIpc) is 2.84. The Labute approximate surface area is 111 Å². The van der Waals surface area contributed by atoms with Gasteiger partial charge in [0, 0.05) is 25.9 Å². The summed E-state index contributed by atoms with van der Waals surface area (Å²) in [5.41, 5.74) is 0. The highest BCUT2D eigenvalue weighted by molar-refractivity contribution is 5.83. The summed E-state index contributed by atoms with van der Waals surface area (Å²) < 4.78 is 4.93. The molecule has 3 unspecified atom stereocenters. The molecule has 2 aliphatic heterocycles. The number of rotatable bonds is 2. The van der Waals surface area contributed by atoms with Crippen LogP contribution in [-0.2, 0) is 14.3 Å². The standard InChI is InChI=1S/C12H18N2O5/c1-3-19-12(18)13-5-8-4-9(11(16)17)14(7(2)15)10(8)6-13/h8-10H,3-6H2,1-2H3,(H,16,17). The van der Waals surface area contributed by atoms with Crippen LogP contribution in [0.25, 0.3) is 0 Å². The monoisotopic (exact) mass is 270 g/mol. The number of hydrogen-bond acceptors (Lipinski definition) is 4. The van der Waals surface area contributed by atoms with Gasteiger partial charge in [-0.2, -0.15) is 0 Å². The molecule has 0 aliphatic carbocycles. The summed E-state index contributed by atoms with van der Waals surface area (Å²) in [5.74, 6) is -1.22. The Kier molecular flexibility index (Phi) is 3.64. The minimum atomic E-state index is -0.979. The zero-order valence-corrected chi connectivity index (χ0v) is 11.0. The zero-order chi connectivity index (χ0) is 14.2. The van der Waals surface area contributed by atoms with Crippen molar-refractivity contribution < 1.29 is 24.2 Å². The van der Waals surface area contributed by atoms with Crippen LogP contribution in [0.4, 0.5) is 4.79 Å². The zero-order valence-electron chi connectivity index (χ0n) is 11.0. The maximum absolute atomic E-state index is 11.7. The summed E-state index contributed by atoms with van der Waals surface area (Å²) in [6, 6.07) is -0.972. The lowest BCUT2D eigenvalue weighted by atomic mass is 10.0. The van der Waals surface area contributed by atoms with Gasteiger partial charge >= 0.3 is 12.1 Å². The molecule has 0 saturated carbocycles. The normalized spacial score (nSPS) is 29.3. The van der Waals surface area contributed by atoms with Gasteiger partial charge < -0.3 is 19.6 Å². The van der Waals surface area contributed by atoms with Crippen LogP contribution in [0.5, 0.6) is 0 Å². The number of nitrogens with zero attached hydrogens (tertiary/aromatic N) is 2. The van der Waals surface area contributed by atoms with E-state index in [2.05, 4.69) is 0 Å². The molecule has 1 N–H and O–H groups in total. The van der Waals surface area contributed by atoms with Crippen molar-refractivity contribution >= 4 is 18.0 Å². The second-order valence-corrected chi connectivity index (χ2v) is 4.95. The first-order chi connectivity index (χ1) is 8.95. The van der Waals surface area contributed by atoms with E-state index in [1.807, 2.05) is 0 Å². The summed E-state index contributed by atoms with van der Waals surface area (Å²) >= 11 is 0. The Morgan fingerprint density at radius 1 is 1.32 bits per heavy atom. The van der Waals surface area contributed by atoms with Crippen molar-refractivity contribution in [2.75, 3.05) is 19.7 Å². The van der Waals surface area contributed by atoms with Crippen molar-refractivity contribution in [1.29, 1.82) is 0 Å². The van der Waals surface area contributed by atoms with Gasteiger partial charge in [0.05, 0.1) is 12.6 Å². The molecule has 2 rings (SSSR count). The van der Waals surface area contributed by atoms with E-state index in [0.29, 0.717) is 26.1 Å². The Balaban J connectivity index is 2.10. The van der Waals surface area contributed by atoms with Crippen molar-refractivity contribution in [2.45, 2.75) is 32.4 Å². The lowest BCUT2D eigenvalue weighted by molar-refractivity contribution is -0.148. The second-order valence-electron chi connectivity index (χ2n) is 4.95. The van der Waals surface area contributed by atoms with Crippen LogP contribution in [0.2, 0.25) is 0 Å². The van der Waals surface area contributed by atoms with Crippen LogP contribution >= 0.6 is 0 Å². The van der Waals surface area contributed by atoms with Crippen molar-refractivity contribution in [2.24, 2.45) is 5.92 Å². The van der Waals surface area contributed by atoms with E-state index in [4.69, 9.17) is 9.84 Å². The quantitative estimate of drug-likeness (QED) is 0.771. The fraction of sp³-hybridized carbons (Fsp3) is 0.750. The average molecular weight is 270 g/mol. The number of carboxylic acid groups (broad SMARTS) is 1. The van der Waals surface area contributed by atoms with Gasteiger partial charge in [0.25, 0.3) is 0 Å². The Bertz CT molecular complexity index is 411. The molecule has 2 saturated heterocycles. The number of hydrogen-bond donors (Lipinski definition) is 1. The molecule has 2 heterocycles. The van der Waals surface area contributed by atoms with Crippen molar-refractivity contribution in [3.05, 3.63) is 0 Å². The lowest BCUT2D eigenvalue weighted by Gasteiger charge is -2.27. The molecule has 0 aromatic heterocycles. The van der Waals surface area contributed by atoms with Gasteiger partial charge in [-0.25, -0.2) is 9.59 Å². The summed E-state index contributed by atoms with van der Waals surface area (Å²) in [6.07, 6.45) is 0.00226. The van der Waals surface area contributed by atoms with Crippen LogP contribution in [0, 0.1) is 5.92 Å². The van der Waals surface area contributed by atoms with Gasteiger partial charge in [-0.05, 0) is 13.3 Å². The van der Waals surface area contributed by atoms with Crippen LogP contribution in [0.15, 0.2) is 0 Å². The summed E-state index contributed by atoms with van der Waals surface area (Å²) in [4.78, 5) is 37.4. The largest absolute Gasteiger partial charge is 0.480 e. The number of carboxylic acids is 1. The van der Waals surface area contributed by atoms with Gasteiger partial charge in [0.1, 0.15) is 6.04 Å². The van der Waals surface area contributed by atoms with Gasteiger partial charge in [-0.15, -0.1) is 0 Å². The third kappa shape index (κ3) is 2.36. The highest BCUT2D eigenvalue weighted by Gasteiger charge is 2.51. The third-order valence-corrected chi connectivity index (χ3v) is 3.80. The third-order valence-electron chi connectivity index (χ3n) is 3.80. The number of likely N-dealkylation sites (tertiary alicyclic amines) is 2. The van der Waals surface area contributed by atoms with E-state index in [0.717, 1.165) is 0 Å². The molecule has 0 aromatic rings. The van der Waals surface area contributed by atoms with E-state index in [9.17, 15) is 14.4 Å². The van der Waals surface area contributed by atoms with E-state index in [-0.39, 0.29) is 17.9 Å².